The molecule has 11 heteroatoms. The van der Waals surface area contributed by atoms with E-state index in [4.69, 9.17) is 20.9 Å². The van der Waals surface area contributed by atoms with Gasteiger partial charge in [-0.3, -0.25) is 9.59 Å². The molecule has 0 aliphatic rings. The van der Waals surface area contributed by atoms with Crippen LogP contribution in [0.3, 0.4) is 0 Å². The lowest BCUT2D eigenvalue weighted by Gasteiger charge is -2.19. The molecule has 0 spiro atoms. The molecular weight excluding hydrogens is 434 g/mol. The Morgan fingerprint density at radius 1 is 0.879 bits per heavy atom. The van der Waals surface area contributed by atoms with Crippen molar-refractivity contribution in [3.63, 3.8) is 0 Å². The number of nitrogen functional groups attached to an aromatic ring is 2. The van der Waals surface area contributed by atoms with Gasteiger partial charge in [-0.2, -0.15) is 0 Å². The van der Waals surface area contributed by atoms with Crippen LogP contribution < -0.4 is 20.9 Å². The van der Waals surface area contributed by atoms with Crippen molar-refractivity contribution in [3.8, 4) is 11.5 Å². The number of benzene rings is 2. The van der Waals surface area contributed by atoms with Gasteiger partial charge in [-0.05, 0) is 30.3 Å². The topological polar surface area (TPSA) is 160 Å². The standard InChI is InChI=1S/C22H25N3O8/c1-25(22(29)13-7-8-15(23)16(24)9-13)10-17(26)14-5-4-6-18(32-11-19(27)30-2)21(14)33-12-20(28)31-3/h4-9H,10-12,23-24H2,1-3H3. The fourth-order valence-electron chi connectivity index (χ4n) is 2.68. The van der Waals surface area contributed by atoms with E-state index in [0.717, 1.165) is 0 Å². The molecule has 0 heterocycles. The van der Waals surface area contributed by atoms with Gasteiger partial charge in [-0.15, -0.1) is 0 Å². The van der Waals surface area contributed by atoms with Crippen LogP contribution in [0.4, 0.5) is 11.4 Å². The summed E-state index contributed by atoms with van der Waals surface area (Å²) < 4.78 is 19.9. The summed E-state index contributed by atoms with van der Waals surface area (Å²) in [4.78, 5) is 49.9. The number of hydrogen-bond donors (Lipinski definition) is 2. The van der Waals surface area contributed by atoms with Crippen LogP contribution in [0.25, 0.3) is 0 Å². The minimum Gasteiger partial charge on any atom is -0.478 e. The molecular formula is C22H25N3O8. The third-order valence-corrected chi connectivity index (χ3v) is 4.48. The van der Waals surface area contributed by atoms with Crippen LogP contribution >= 0.6 is 0 Å². The Kier molecular flexibility index (Phi) is 8.61. The molecule has 176 valence electrons. The minimum absolute atomic E-state index is 0.0374. The molecule has 0 fully saturated rings. The maximum Gasteiger partial charge on any atom is 0.343 e. The molecule has 0 unspecified atom stereocenters. The van der Waals surface area contributed by atoms with Gasteiger partial charge in [0, 0.05) is 12.6 Å². The second kappa shape index (κ2) is 11.4. The zero-order valence-corrected chi connectivity index (χ0v) is 18.5. The van der Waals surface area contributed by atoms with E-state index < -0.39 is 36.8 Å². The van der Waals surface area contributed by atoms with E-state index in [9.17, 15) is 19.2 Å². The predicted molar refractivity (Wildman–Crippen MR) is 118 cm³/mol. The average Bonchev–Trinajstić information content (AvgIpc) is 2.81. The molecule has 0 bridgehead atoms. The van der Waals surface area contributed by atoms with Crippen molar-refractivity contribution in [3.05, 3.63) is 47.5 Å². The van der Waals surface area contributed by atoms with Gasteiger partial charge in [0.2, 0.25) is 0 Å². The first-order valence-corrected chi connectivity index (χ1v) is 9.63. The quantitative estimate of drug-likeness (QED) is 0.297. The van der Waals surface area contributed by atoms with E-state index in [-0.39, 0.29) is 34.9 Å². The van der Waals surface area contributed by atoms with Gasteiger partial charge in [0.05, 0.1) is 37.7 Å². The normalized spacial score (nSPS) is 10.2. The molecule has 11 nitrogen and oxygen atoms in total. The highest BCUT2D eigenvalue weighted by molar-refractivity contribution is 6.04. The number of likely N-dealkylation sites (N-methyl/N-ethyl adjacent to an activating group) is 1. The van der Waals surface area contributed by atoms with Gasteiger partial charge >= 0.3 is 11.9 Å². The molecule has 33 heavy (non-hydrogen) atoms. The molecule has 0 aliphatic heterocycles. The Balaban J connectivity index is 2.27. The molecule has 0 aliphatic carbocycles. The molecule has 2 aromatic carbocycles. The van der Waals surface area contributed by atoms with Crippen molar-refractivity contribution >= 4 is 35.0 Å². The van der Waals surface area contributed by atoms with Crippen LogP contribution in [0.2, 0.25) is 0 Å². The van der Waals surface area contributed by atoms with Gasteiger partial charge in [-0.1, -0.05) is 6.07 Å². The van der Waals surface area contributed by atoms with Crippen molar-refractivity contribution < 1.29 is 38.1 Å². The van der Waals surface area contributed by atoms with Gasteiger partial charge in [-0.25, -0.2) is 9.59 Å². The number of nitrogens with two attached hydrogens (primary N) is 2. The number of Topliss-reactive ketones (excluding diaryl/α,β-unsaturated/α-hetero) is 1. The zero-order valence-electron chi connectivity index (χ0n) is 18.5. The van der Waals surface area contributed by atoms with E-state index >= 15 is 0 Å². The summed E-state index contributed by atoms with van der Waals surface area (Å²) in [7, 11) is 3.82. The van der Waals surface area contributed by atoms with Crippen LogP contribution in [0.15, 0.2) is 36.4 Å². The average molecular weight is 459 g/mol. The van der Waals surface area contributed by atoms with Crippen molar-refractivity contribution in [1.29, 1.82) is 0 Å². The maximum atomic E-state index is 13.0. The molecule has 0 aromatic heterocycles. The number of hydrogen-bond acceptors (Lipinski definition) is 10. The molecule has 0 atom stereocenters. The zero-order chi connectivity index (χ0) is 24.5. The Morgan fingerprint density at radius 3 is 2.12 bits per heavy atom. The maximum absolute atomic E-state index is 13.0. The van der Waals surface area contributed by atoms with Crippen molar-refractivity contribution in [1.82, 2.24) is 4.90 Å². The Labute approximate surface area is 190 Å². The van der Waals surface area contributed by atoms with Crippen LogP contribution in [0, 0.1) is 0 Å². The third kappa shape index (κ3) is 6.60. The second-order valence-electron chi connectivity index (χ2n) is 6.79. The van der Waals surface area contributed by atoms with Crippen LogP contribution in [-0.2, 0) is 19.1 Å². The molecule has 0 saturated heterocycles. The Morgan fingerprint density at radius 2 is 1.52 bits per heavy atom. The first-order chi connectivity index (χ1) is 15.7. The van der Waals surface area contributed by atoms with Gasteiger partial charge < -0.3 is 35.3 Å². The molecule has 0 radical (unpaired) electrons. The largest absolute Gasteiger partial charge is 0.478 e. The van der Waals surface area contributed by atoms with E-state index in [1.165, 1.54) is 62.6 Å². The molecule has 2 rings (SSSR count). The lowest BCUT2D eigenvalue weighted by atomic mass is 10.1. The number of para-hydroxylation sites is 1. The summed E-state index contributed by atoms with van der Waals surface area (Å²) in [6.45, 7) is -1.27. The number of methoxy groups -OCH3 is 2. The number of ether oxygens (including phenoxy) is 4. The molecule has 2 aromatic rings. The number of rotatable bonds is 10. The number of ketones is 1. The summed E-state index contributed by atoms with van der Waals surface area (Å²) >= 11 is 0. The number of amides is 1. The van der Waals surface area contributed by atoms with Gasteiger partial charge in [0.25, 0.3) is 5.91 Å². The van der Waals surface area contributed by atoms with Crippen LogP contribution in [0.1, 0.15) is 20.7 Å². The van der Waals surface area contributed by atoms with Crippen molar-refractivity contribution in [2.45, 2.75) is 0 Å². The van der Waals surface area contributed by atoms with Crippen molar-refractivity contribution in [2.75, 3.05) is 52.5 Å². The number of carbonyl (C=O) groups is 4. The third-order valence-electron chi connectivity index (χ3n) is 4.48. The second-order valence-corrected chi connectivity index (χ2v) is 6.79. The highest BCUT2D eigenvalue weighted by Gasteiger charge is 2.23. The lowest BCUT2D eigenvalue weighted by Crippen LogP contribution is -2.32. The van der Waals surface area contributed by atoms with Crippen molar-refractivity contribution in [2.24, 2.45) is 0 Å². The summed E-state index contributed by atoms with van der Waals surface area (Å²) in [6.07, 6.45) is 0. The molecule has 0 saturated carbocycles. The molecule has 1 amide bonds. The fourth-order valence-corrected chi connectivity index (χ4v) is 2.68. The highest BCUT2D eigenvalue weighted by Crippen LogP contribution is 2.32. The number of anilines is 2. The molecule has 4 N–H and O–H groups in total. The first kappa shape index (κ1) is 25.0. The van der Waals surface area contributed by atoms with E-state index in [1.807, 2.05) is 0 Å². The van der Waals surface area contributed by atoms with Crippen LogP contribution in [-0.4, -0.2) is 69.6 Å². The predicted octanol–water partition coefficient (Wildman–Crippen LogP) is 0.910. The van der Waals surface area contributed by atoms with Gasteiger partial charge in [0.1, 0.15) is 0 Å². The number of esters is 2. The summed E-state index contributed by atoms with van der Waals surface area (Å²) in [6, 6.07) is 8.83. The Hall–Kier alpha value is -4.28. The van der Waals surface area contributed by atoms with E-state index in [2.05, 4.69) is 9.47 Å². The van der Waals surface area contributed by atoms with E-state index in [0.29, 0.717) is 5.69 Å². The summed E-state index contributed by atoms with van der Waals surface area (Å²) in [5.74, 6) is -2.34. The SMILES string of the molecule is COC(=O)COc1cccc(C(=O)CN(C)C(=O)c2ccc(N)c(N)c2)c1OCC(=O)OC. The monoisotopic (exact) mass is 459 g/mol. The fraction of sp³-hybridized carbons (Fsp3) is 0.273. The number of nitrogens with zero attached hydrogens (tertiary/aromatic N) is 1. The minimum atomic E-state index is -0.690. The summed E-state index contributed by atoms with van der Waals surface area (Å²) in [5, 5.41) is 0. The number of carbonyl (C=O) groups excluding carboxylic acids is 4. The highest BCUT2D eigenvalue weighted by atomic mass is 16.6. The van der Waals surface area contributed by atoms with Gasteiger partial charge in [0.15, 0.2) is 30.5 Å². The first-order valence-electron chi connectivity index (χ1n) is 9.63. The van der Waals surface area contributed by atoms with E-state index in [1.54, 1.807) is 0 Å². The smallest absolute Gasteiger partial charge is 0.343 e. The lowest BCUT2D eigenvalue weighted by molar-refractivity contribution is -0.144. The van der Waals surface area contributed by atoms with Crippen LogP contribution in [0.5, 0.6) is 11.5 Å². The summed E-state index contributed by atoms with van der Waals surface area (Å²) in [5.41, 5.74) is 12.3. The Bertz CT molecular complexity index is 1050.